The Bertz CT molecular complexity index is 2810. The van der Waals surface area contributed by atoms with Gasteiger partial charge in [-0.1, -0.05) is 23.2 Å². The Kier molecular flexibility index (Phi) is 11.2. The minimum absolute atomic E-state index is 0.0490. The average Bonchev–Trinajstić information content (AvgIpc) is 4.16. The van der Waals surface area contributed by atoms with Crippen molar-refractivity contribution in [1.82, 2.24) is 54.4 Å². The Morgan fingerprint density at radius 3 is 1.69 bits per heavy atom. The van der Waals surface area contributed by atoms with E-state index in [2.05, 4.69) is 40.7 Å². The standard InChI is InChI=1S/C21H21ClFN7O.C21H19ClFN7O/c2*1-13-19(22)20(21-24-8-9-25-21)27-29(13)12-18(31)28-10-2-3-16-17(28)11-26-30(16)15-6-4-14(23)5-7-15/h4-7,11H,2-3,8-10,12H2,1H3,(H,24,25);4-9,11H,2-3,10,12H2,1H3,(H,24,25). The topological polar surface area (TPSA) is 165 Å². The van der Waals surface area contributed by atoms with E-state index >= 15 is 0 Å². The van der Waals surface area contributed by atoms with E-state index in [0.717, 1.165) is 72.1 Å². The number of amides is 2. The van der Waals surface area contributed by atoms with E-state index in [-0.39, 0.29) is 36.5 Å². The molecule has 2 N–H and O–H groups in total. The highest BCUT2D eigenvalue weighted by molar-refractivity contribution is 6.34. The Balaban J connectivity index is 0.000000158. The van der Waals surface area contributed by atoms with Gasteiger partial charge in [0.25, 0.3) is 0 Å². The summed E-state index contributed by atoms with van der Waals surface area (Å²) in [4.78, 5) is 41.4. The molecule has 0 atom stereocenters. The van der Waals surface area contributed by atoms with Crippen LogP contribution in [-0.4, -0.2) is 92.9 Å². The van der Waals surface area contributed by atoms with Gasteiger partial charge in [-0.25, -0.2) is 23.1 Å². The van der Waals surface area contributed by atoms with Crippen LogP contribution in [0.15, 0.2) is 78.3 Å². The highest BCUT2D eigenvalue weighted by Crippen LogP contribution is 2.32. The number of fused-ring (bicyclic) bond motifs is 2. The van der Waals surface area contributed by atoms with Crippen LogP contribution < -0.4 is 15.1 Å². The zero-order valence-corrected chi connectivity index (χ0v) is 35.2. The molecule has 0 saturated carbocycles. The summed E-state index contributed by atoms with van der Waals surface area (Å²) < 4.78 is 33.3. The van der Waals surface area contributed by atoms with E-state index in [1.807, 2.05) is 13.8 Å². The molecule has 0 spiro atoms. The van der Waals surface area contributed by atoms with Crippen molar-refractivity contribution in [3.63, 3.8) is 0 Å². The number of halogens is 4. The minimum Gasteiger partial charge on any atom is -0.367 e. The van der Waals surface area contributed by atoms with Gasteiger partial charge in [-0.3, -0.25) is 23.9 Å². The van der Waals surface area contributed by atoms with Gasteiger partial charge in [-0.2, -0.15) is 20.4 Å². The minimum atomic E-state index is -0.302. The first-order chi connectivity index (χ1) is 30.0. The summed E-state index contributed by atoms with van der Waals surface area (Å²) in [6.45, 7) is 6.43. The number of amidine groups is 1. The number of nitrogens with zero attached hydrogens (tertiary/aromatic N) is 12. The molecular weight excluding hydrogens is 841 g/mol. The molecule has 62 heavy (non-hydrogen) atoms. The second-order valence-electron chi connectivity index (χ2n) is 14.9. The third-order valence-electron chi connectivity index (χ3n) is 11.1. The lowest BCUT2D eigenvalue weighted by atomic mass is 10.1. The van der Waals surface area contributed by atoms with E-state index in [1.54, 1.807) is 77.6 Å². The van der Waals surface area contributed by atoms with Crippen LogP contribution in [-0.2, 0) is 35.5 Å². The molecule has 0 bridgehead atoms. The lowest BCUT2D eigenvalue weighted by Gasteiger charge is -2.27. The Labute approximate surface area is 363 Å². The number of aromatic amines is 1. The fraction of sp³-hybridized carbons (Fsp3) is 0.286. The van der Waals surface area contributed by atoms with Crippen LogP contribution in [0.1, 0.15) is 41.3 Å². The largest absolute Gasteiger partial charge is 0.367 e. The average molecular weight is 882 g/mol. The summed E-state index contributed by atoms with van der Waals surface area (Å²) in [5, 5.41) is 22.1. The molecule has 10 rings (SSSR count). The van der Waals surface area contributed by atoms with Crippen LogP contribution >= 0.6 is 23.2 Å². The van der Waals surface area contributed by atoms with Crippen molar-refractivity contribution >= 4 is 52.2 Å². The molecule has 3 aliphatic rings. The third kappa shape index (κ3) is 7.75. The number of benzene rings is 2. The lowest BCUT2D eigenvalue weighted by molar-refractivity contribution is -0.120. The van der Waals surface area contributed by atoms with Crippen LogP contribution in [0.5, 0.6) is 0 Å². The number of imidazole rings is 1. The number of hydrogen-bond donors (Lipinski definition) is 2. The van der Waals surface area contributed by atoms with Crippen LogP contribution in [0.4, 0.5) is 20.2 Å². The molecule has 5 aromatic heterocycles. The quantitative estimate of drug-likeness (QED) is 0.187. The van der Waals surface area contributed by atoms with E-state index in [9.17, 15) is 18.4 Å². The number of aromatic nitrogens is 10. The molecule has 0 aliphatic carbocycles. The predicted octanol–water partition coefficient (Wildman–Crippen LogP) is 6.04. The van der Waals surface area contributed by atoms with E-state index in [1.165, 1.54) is 24.3 Å². The second kappa shape index (κ2) is 17.0. The summed E-state index contributed by atoms with van der Waals surface area (Å²) in [5.74, 6) is 0.430. The number of aliphatic imine (C=N–C) groups is 1. The highest BCUT2D eigenvalue weighted by Gasteiger charge is 2.30. The first-order valence-electron chi connectivity index (χ1n) is 20.1. The number of carbonyl (C=O) groups is 2. The van der Waals surface area contributed by atoms with E-state index in [0.29, 0.717) is 58.4 Å². The first kappa shape index (κ1) is 40.7. The summed E-state index contributed by atoms with van der Waals surface area (Å²) in [6.07, 6.45) is 9.90. The Morgan fingerprint density at radius 1 is 0.726 bits per heavy atom. The number of carbonyl (C=O) groups excluding carboxylic acids is 2. The fourth-order valence-electron chi connectivity index (χ4n) is 7.86. The first-order valence-corrected chi connectivity index (χ1v) is 20.8. The summed E-state index contributed by atoms with van der Waals surface area (Å²) >= 11 is 12.9. The molecule has 20 heteroatoms. The van der Waals surface area contributed by atoms with Crippen molar-refractivity contribution in [3.05, 3.63) is 123 Å². The highest BCUT2D eigenvalue weighted by atomic mass is 35.5. The van der Waals surface area contributed by atoms with Crippen molar-refractivity contribution in [2.75, 3.05) is 36.0 Å². The fourth-order valence-corrected chi connectivity index (χ4v) is 8.31. The number of H-pyrrole nitrogens is 1. The van der Waals surface area contributed by atoms with Gasteiger partial charge in [0.2, 0.25) is 11.8 Å². The molecule has 0 radical (unpaired) electrons. The van der Waals surface area contributed by atoms with Crippen molar-refractivity contribution in [2.24, 2.45) is 4.99 Å². The Morgan fingerprint density at radius 2 is 1.23 bits per heavy atom. The lowest BCUT2D eigenvalue weighted by Crippen LogP contribution is -2.38. The second-order valence-corrected chi connectivity index (χ2v) is 15.7. The molecule has 16 nitrogen and oxygen atoms in total. The van der Waals surface area contributed by atoms with Crippen molar-refractivity contribution in [2.45, 2.75) is 52.6 Å². The number of nitrogens with one attached hydrogen (secondary N) is 2. The van der Waals surface area contributed by atoms with Gasteiger partial charge in [0.05, 0.1) is 74.5 Å². The zero-order chi connectivity index (χ0) is 43.1. The van der Waals surface area contributed by atoms with Crippen molar-refractivity contribution < 1.29 is 18.4 Å². The van der Waals surface area contributed by atoms with Gasteiger partial charge >= 0.3 is 0 Å². The van der Waals surface area contributed by atoms with Crippen molar-refractivity contribution in [3.8, 4) is 22.9 Å². The van der Waals surface area contributed by atoms with Gasteiger partial charge in [-0.05, 0) is 88.1 Å². The molecule has 7 aromatic rings. The van der Waals surface area contributed by atoms with Gasteiger partial charge < -0.3 is 20.1 Å². The van der Waals surface area contributed by atoms with Crippen LogP contribution in [0.3, 0.4) is 0 Å². The molecule has 3 aliphatic heterocycles. The maximum atomic E-state index is 13.3. The molecule has 318 valence electrons. The van der Waals surface area contributed by atoms with Gasteiger partial charge in [0.1, 0.15) is 36.1 Å². The summed E-state index contributed by atoms with van der Waals surface area (Å²) in [6, 6.07) is 12.3. The monoisotopic (exact) mass is 880 g/mol. The smallest absolute Gasteiger partial charge is 0.248 e. The number of anilines is 2. The maximum absolute atomic E-state index is 13.3. The predicted molar refractivity (Wildman–Crippen MR) is 229 cm³/mol. The van der Waals surface area contributed by atoms with Gasteiger partial charge in [-0.15, -0.1) is 0 Å². The number of hydrogen-bond acceptors (Lipinski definition) is 9. The molecule has 8 heterocycles. The number of rotatable bonds is 8. The van der Waals surface area contributed by atoms with E-state index in [4.69, 9.17) is 23.2 Å². The SMILES string of the molecule is Cc1c(Cl)c(-c2ncc[nH]2)nn1CC(=O)N1CCCc2c1cnn2-c1ccc(F)cc1.Cc1c(Cl)c(C2=NCCN2)nn1CC(=O)N1CCCc2c1cnn2-c1ccc(F)cc1. The normalized spacial score (nSPS) is 14.5. The van der Waals surface area contributed by atoms with Crippen LogP contribution in [0.2, 0.25) is 10.0 Å². The van der Waals surface area contributed by atoms with Crippen LogP contribution in [0, 0.1) is 25.5 Å². The Hall–Kier alpha value is -6.66. The molecule has 0 unspecified atom stereocenters. The summed E-state index contributed by atoms with van der Waals surface area (Å²) in [7, 11) is 0. The van der Waals surface area contributed by atoms with E-state index < -0.39 is 0 Å². The third-order valence-corrected chi connectivity index (χ3v) is 12.0. The van der Waals surface area contributed by atoms with Crippen LogP contribution in [0.25, 0.3) is 22.9 Å². The molecule has 2 amide bonds. The maximum Gasteiger partial charge on any atom is 0.248 e. The summed E-state index contributed by atoms with van der Waals surface area (Å²) in [5.41, 5.74) is 7.44. The van der Waals surface area contributed by atoms with Gasteiger partial charge in [0.15, 0.2) is 11.7 Å². The van der Waals surface area contributed by atoms with Gasteiger partial charge in [0, 0.05) is 32.0 Å². The molecule has 0 saturated heterocycles. The molecular formula is C42H40Cl2F2N14O2. The molecule has 2 aromatic carbocycles. The molecule has 0 fully saturated rings. The van der Waals surface area contributed by atoms with Crippen molar-refractivity contribution in [1.29, 1.82) is 0 Å². The zero-order valence-electron chi connectivity index (χ0n) is 33.7.